The van der Waals surface area contributed by atoms with E-state index in [1.54, 1.807) is 11.8 Å². The fourth-order valence-electron chi connectivity index (χ4n) is 1.83. The Morgan fingerprint density at radius 2 is 2.53 bits per heavy atom. The van der Waals surface area contributed by atoms with Crippen molar-refractivity contribution < 1.29 is 9.53 Å². The lowest BCUT2D eigenvalue weighted by Gasteiger charge is -2.08. The van der Waals surface area contributed by atoms with Crippen molar-refractivity contribution in [3.05, 3.63) is 10.6 Å². The number of aromatic nitrogens is 1. The Balaban J connectivity index is 1.68. The summed E-state index contributed by atoms with van der Waals surface area (Å²) in [5.41, 5.74) is 1.07. The number of nitrogens with zero attached hydrogens (tertiary/aromatic N) is 1. The van der Waals surface area contributed by atoms with Crippen molar-refractivity contribution in [2.75, 3.05) is 23.6 Å². The van der Waals surface area contributed by atoms with Crippen molar-refractivity contribution in [3.8, 4) is 0 Å². The fraction of sp³-hybridized carbons (Fsp3) is 0.600. The van der Waals surface area contributed by atoms with Crippen molar-refractivity contribution in [2.24, 2.45) is 0 Å². The second-order valence-electron chi connectivity index (χ2n) is 3.95. The van der Waals surface area contributed by atoms with E-state index in [4.69, 9.17) is 4.74 Å². The lowest BCUT2D eigenvalue weighted by Crippen LogP contribution is -2.37. The molecule has 1 fully saturated rings. The number of ether oxygens (including phenoxy) is 1. The van der Waals surface area contributed by atoms with Crippen LogP contribution in [0, 0.1) is 0 Å². The molecule has 1 unspecified atom stereocenters. The number of amides is 1. The highest BCUT2D eigenvalue weighted by atomic mass is 32.2. The number of carbonyl (C=O) groups excluding carboxylic acids is 1. The van der Waals surface area contributed by atoms with Crippen LogP contribution in [-0.4, -0.2) is 35.2 Å². The SMILES string of the molecule is O=C(Nc1nc2c(s1)COCC2)C1CSCN1. The average molecular weight is 271 g/mol. The largest absolute Gasteiger partial charge is 0.375 e. The van der Waals surface area contributed by atoms with Crippen LogP contribution in [0.2, 0.25) is 0 Å². The van der Waals surface area contributed by atoms with Gasteiger partial charge in [0.1, 0.15) is 0 Å². The molecule has 0 aliphatic carbocycles. The third kappa shape index (κ3) is 2.47. The van der Waals surface area contributed by atoms with Crippen LogP contribution >= 0.6 is 23.1 Å². The van der Waals surface area contributed by atoms with E-state index in [9.17, 15) is 4.79 Å². The Morgan fingerprint density at radius 3 is 3.29 bits per heavy atom. The molecule has 0 radical (unpaired) electrons. The van der Waals surface area contributed by atoms with Crippen molar-refractivity contribution in [3.63, 3.8) is 0 Å². The second kappa shape index (κ2) is 4.93. The first-order valence-electron chi connectivity index (χ1n) is 5.51. The van der Waals surface area contributed by atoms with Gasteiger partial charge in [-0.3, -0.25) is 10.1 Å². The monoisotopic (exact) mass is 271 g/mol. The molecule has 1 aromatic heterocycles. The number of rotatable bonds is 2. The molecule has 0 spiro atoms. The van der Waals surface area contributed by atoms with E-state index in [-0.39, 0.29) is 11.9 Å². The molecule has 2 aliphatic heterocycles. The third-order valence-electron chi connectivity index (χ3n) is 2.76. The minimum atomic E-state index is -0.0859. The zero-order valence-electron chi connectivity index (χ0n) is 9.19. The molecule has 3 heterocycles. The van der Waals surface area contributed by atoms with Crippen LogP contribution in [0.3, 0.4) is 0 Å². The minimum absolute atomic E-state index is 0.0158. The number of fused-ring (bicyclic) bond motifs is 1. The molecule has 1 amide bonds. The molecular weight excluding hydrogens is 258 g/mol. The molecule has 0 bridgehead atoms. The molecule has 3 rings (SSSR count). The molecule has 1 aromatic rings. The number of anilines is 1. The van der Waals surface area contributed by atoms with Crippen LogP contribution in [0.1, 0.15) is 10.6 Å². The van der Waals surface area contributed by atoms with E-state index in [2.05, 4.69) is 15.6 Å². The van der Waals surface area contributed by atoms with Gasteiger partial charge in [-0.25, -0.2) is 4.98 Å². The molecule has 7 heteroatoms. The summed E-state index contributed by atoms with van der Waals surface area (Å²) in [6, 6.07) is -0.0859. The lowest BCUT2D eigenvalue weighted by molar-refractivity contribution is -0.117. The lowest BCUT2D eigenvalue weighted by atomic mass is 10.2. The second-order valence-corrected chi connectivity index (χ2v) is 6.07. The number of nitrogens with one attached hydrogen (secondary N) is 2. The number of hydrogen-bond donors (Lipinski definition) is 2. The van der Waals surface area contributed by atoms with E-state index >= 15 is 0 Å². The van der Waals surface area contributed by atoms with Crippen molar-refractivity contribution in [1.29, 1.82) is 0 Å². The number of hydrogen-bond acceptors (Lipinski definition) is 6. The highest BCUT2D eigenvalue weighted by molar-refractivity contribution is 7.99. The summed E-state index contributed by atoms with van der Waals surface area (Å²) in [6.45, 7) is 1.35. The highest BCUT2D eigenvalue weighted by Crippen LogP contribution is 2.27. The predicted molar refractivity (Wildman–Crippen MR) is 68.4 cm³/mol. The molecule has 0 aromatic carbocycles. The van der Waals surface area contributed by atoms with Crippen molar-refractivity contribution in [2.45, 2.75) is 19.1 Å². The van der Waals surface area contributed by atoms with E-state index in [0.29, 0.717) is 11.7 Å². The molecule has 0 saturated carbocycles. The molecule has 2 N–H and O–H groups in total. The van der Waals surface area contributed by atoms with Crippen LogP contribution in [0.15, 0.2) is 0 Å². The summed E-state index contributed by atoms with van der Waals surface area (Å²) in [5.74, 6) is 1.70. The smallest absolute Gasteiger partial charge is 0.244 e. The molecule has 2 aliphatic rings. The van der Waals surface area contributed by atoms with E-state index in [1.165, 1.54) is 11.3 Å². The first kappa shape index (κ1) is 11.5. The molecule has 1 saturated heterocycles. The van der Waals surface area contributed by atoms with Crippen molar-refractivity contribution >= 4 is 34.1 Å². The van der Waals surface area contributed by atoms with Crippen LogP contribution in [0.5, 0.6) is 0 Å². The van der Waals surface area contributed by atoms with Crippen LogP contribution in [0.4, 0.5) is 5.13 Å². The maximum absolute atomic E-state index is 11.9. The van der Waals surface area contributed by atoms with Crippen LogP contribution in [-0.2, 0) is 22.6 Å². The zero-order valence-corrected chi connectivity index (χ0v) is 10.8. The molecule has 1 atom stereocenters. The first-order valence-corrected chi connectivity index (χ1v) is 7.48. The number of thioether (sulfide) groups is 1. The molecular formula is C10H13N3O2S2. The maximum Gasteiger partial charge on any atom is 0.244 e. The minimum Gasteiger partial charge on any atom is -0.375 e. The molecule has 92 valence electrons. The van der Waals surface area contributed by atoms with Crippen molar-refractivity contribution in [1.82, 2.24) is 10.3 Å². The van der Waals surface area contributed by atoms with Gasteiger partial charge < -0.3 is 10.1 Å². The maximum atomic E-state index is 11.9. The van der Waals surface area contributed by atoms with Gasteiger partial charge in [0.25, 0.3) is 0 Å². The number of thiazole rings is 1. The van der Waals surface area contributed by atoms with Gasteiger partial charge in [0.2, 0.25) is 5.91 Å². The Morgan fingerprint density at radius 1 is 1.59 bits per heavy atom. The van der Waals surface area contributed by atoms with Gasteiger partial charge in [0.05, 0.1) is 29.8 Å². The molecule has 17 heavy (non-hydrogen) atoms. The Bertz CT molecular complexity index is 406. The Kier molecular flexibility index (Phi) is 3.32. The summed E-state index contributed by atoms with van der Waals surface area (Å²) >= 11 is 3.26. The predicted octanol–water partition coefficient (Wildman–Crippen LogP) is 0.817. The first-order chi connectivity index (χ1) is 8.33. The summed E-state index contributed by atoms with van der Waals surface area (Å²) in [5, 5.41) is 6.72. The summed E-state index contributed by atoms with van der Waals surface area (Å²) < 4.78 is 5.36. The highest BCUT2D eigenvalue weighted by Gasteiger charge is 2.24. The van der Waals surface area contributed by atoms with Gasteiger partial charge in [-0.15, -0.1) is 11.8 Å². The fourth-order valence-corrected chi connectivity index (χ4v) is 3.73. The van der Waals surface area contributed by atoms with Gasteiger partial charge in [-0.2, -0.15) is 0 Å². The number of carbonyl (C=O) groups is 1. The van der Waals surface area contributed by atoms with Crippen LogP contribution in [0.25, 0.3) is 0 Å². The van der Waals surface area contributed by atoms with Crippen LogP contribution < -0.4 is 10.6 Å². The summed E-state index contributed by atoms with van der Waals surface area (Å²) in [7, 11) is 0. The standard InChI is InChI=1S/C10H13N3O2S2/c14-9(7-4-16-5-11-7)13-10-12-6-1-2-15-3-8(6)17-10/h7,11H,1-5H2,(H,12,13,14). The quantitative estimate of drug-likeness (QED) is 0.833. The van der Waals surface area contributed by atoms with Gasteiger partial charge in [0.15, 0.2) is 5.13 Å². The topological polar surface area (TPSA) is 63.2 Å². The zero-order chi connectivity index (χ0) is 11.7. The van der Waals surface area contributed by atoms with Gasteiger partial charge >= 0.3 is 0 Å². The van der Waals surface area contributed by atoms with E-state index in [0.717, 1.165) is 35.2 Å². The average Bonchev–Trinajstić information content (AvgIpc) is 2.97. The Hall–Kier alpha value is -0.630. The summed E-state index contributed by atoms with van der Waals surface area (Å²) in [4.78, 5) is 17.4. The van der Waals surface area contributed by atoms with Gasteiger partial charge in [0, 0.05) is 18.1 Å². The Labute approximate surface area is 107 Å². The molecule has 5 nitrogen and oxygen atoms in total. The van der Waals surface area contributed by atoms with E-state index in [1.807, 2.05) is 0 Å². The van der Waals surface area contributed by atoms with Gasteiger partial charge in [-0.05, 0) is 0 Å². The summed E-state index contributed by atoms with van der Waals surface area (Å²) in [6.07, 6.45) is 0.846. The normalized spacial score (nSPS) is 23.4. The van der Waals surface area contributed by atoms with Gasteiger partial charge in [-0.1, -0.05) is 11.3 Å². The third-order valence-corrected chi connectivity index (χ3v) is 4.68. The van der Waals surface area contributed by atoms with E-state index < -0.39 is 0 Å².